The summed E-state index contributed by atoms with van der Waals surface area (Å²) in [6.07, 6.45) is 1.67. The first kappa shape index (κ1) is 18.7. The second-order valence-corrected chi connectivity index (χ2v) is 7.70. The van der Waals surface area contributed by atoms with Crippen LogP contribution in [0.1, 0.15) is 38.2 Å². The lowest BCUT2D eigenvalue weighted by Crippen LogP contribution is -2.54. The lowest BCUT2D eigenvalue weighted by Gasteiger charge is -2.40. The highest BCUT2D eigenvalue weighted by molar-refractivity contribution is 5.76. The summed E-state index contributed by atoms with van der Waals surface area (Å²) in [4.78, 5) is 13.6. The van der Waals surface area contributed by atoms with Crippen molar-refractivity contribution in [2.75, 3.05) is 31.2 Å². The van der Waals surface area contributed by atoms with Gasteiger partial charge in [0.15, 0.2) is 11.5 Å². The van der Waals surface area contributed by atoms with Crippen molar-refractivity contribution in [2.45, 2.75) is 38.7 Å². The third-order valence-corrected chi connectivity index (χ3v) is 5.29. The summed E-state index contributed by atoms with van der Waals surface area (Å²) < 4.78 is 17.6. The van der Waals surface area contributed by atoms with Crippen LogP contribution in [-0.4, -0.2) is 38.2 Å². The van der Waals surface area contributed by atoms with Crippen molar-refractivity contribution in [1.29, 1.82) is 0 Å². The highest BCUT2D eigenvalue weighted by Crippen LogP contribution is 2.35. The van der Waals surface area contributed by atoms with Gasteiger partial charge >= 0.3 is 0 Å². The van der Waals surface area contributed by atoms with E-state index < -0.39 is 0 Å². The number of carbonyl (C=O) groups is 1. The van der Waals surface area contributed by atoms with Crippen molar-refractivity contribution in [3.05, 3.63) is 48.0 Å². The van der Waals surface area contributed by atoms with Crippen molar-refractivity contribution < 1.29 is 19.0 Å². The van der Waals surface area contributed by atoms with E-state index in [0.29, 0.717) is 19.6 Å². The molecule has 28 heavy (non-hydrogen) atoms. The zero-order valence-corrected chi connectivity index (χ0v) is 16.5. The van der Waals surface area contributed by atoms with Crippen molar-refractivity contribution in [3.63, 3.8) is 0 Å². The Morgan fingerprint density at radius 3 is 2.54 bits per heavy atom. The van der Waals surface area contributed by atoms with Gasteiger partial charge in [0.25, 0.3) is 0 Å². The van der Waals surface area contributed by atoms with E-state index in [9.17, 15) is 4.79 Å². The smallest absolute Gasteiger partial charge is 0.163 e. The SMILES string of the molecule is CC(=O)C[C@@H](C)c1ccc(OC2CN(c3ccc4c(c3)OCCCO4)C2)cc1. The standard InChI is InChI=1S/C23H27NO4/c1-16(12-17(2)25)18-4-7-20(8-5-18)28-21-14-24(15-21)19-6-9-22-23(13-19)27-11-3-10-26-22/h4-9,13,16,21H,3,10-12,14-15H2,1-2H3/t16-/m1/s1. The van der Waals surface area contributed by atoms with Gasteiger partial charge in [0.1, 0.15) is 17.6 Å². The third kappa shape index (κ3) is 4.24. The molecular weight excluding hydrogens is 354 g/mol. The summed E-state index contributed by atoms with van der Waals surface area (Å²) in [5.41, 5.74) is 2.31. The van der Waals surface area contributed by atoms with Gasteiger partial charge in [-0.25, -0.2) is 0 Å². The maximum atomic E-state index is 11.3. The maximum Gasteiger partial charge on any atom is 0.163 e. The van der Waals surface area contributed by atoms with Gasteiger partial charge in [0, 0.05) is 24.6 Å². The van der Waals surface area contributed by atoms with E-state index >= 15 is 0 Å². The van der Waals surface area contributed by atoms with Crippen LogP contribution in [0.2, 0.25) is 0 Å². The number of nitrogens with zero attached hydrogens (tertiary/aromatic N) is 1. The second kappa shape index (κ2) is 8.13. The number of hydrogen-bond donors (Lipinski definition) is 0. The molecule has 1 saturated heterocycles. The van der Waals surface area contributed by atoms with Crippen LogP contribution in [-0.2, 0) is 4.79 Å². The molecule has 5 heteroatoms. The Kier molecular flexibility index (Phi) is 5.42. The predicted octanol–water partition coefficient (Wildman–Crippen LogP) is 4.20. The summed E-state index contributed by atoms with van der Waals surface area (Å²) in [5, 5.41) is 0. The van der Waals surface area contributed by atoms with E-state index in [2.05, 4.69) is 36.1 Å². The van der Waals surface area contributed by atoms with Crippen molar-refractivity contribution in [3.8, 4) is 17.2 Å². The topological polar surface area (TPSA) is 48.0 Å². The number of ether oxygens (including phenoxy) is 3. The lowest BCUT2D eigenvalue weighted by atomic mass is 9.96. The van der Waals surface area contributed by atoms with E-state index in [1.165, 1.54) is 5.56 Å². The minimum Gasteiger partial charge on any atom is -0.490 e. The number of hydrogen-bond acceptors (Lipinski definition) is 5. The Hall–Kier alpha value is -2.69. The van der Waals surface area contributed by atoms with Gasteiger partial charge in [-0.2, -0.15) is 0 Å². The minimum absolute atomic E-state index is 0.177. The fourth-order valence-electron chi connectivity index (χ4n) is 3.69. The van der Waals surface area contributed by atoms with Crippen LogP contribution < -0.4 is 19.1 Å². The monoisotopic (exact) mass is 381 g/mol. The molecule has 1 atom stereocenters. The van der Waals surface area contributed by atoms with Gasteiger partial charge in [0.2, 0.25) is 0 Å². The first-order valence-electron chi connectivity index (χ1n) is 9.99. The normalized spacial score (nSPS) is 17.4. The maximum absolute atomic E-state index is 11.3. The number of Topliss-reactive ketones (excluding diaryl/α,β-unsaturated/α-hetero) is 1. The van der Waals surface area contributed by atoms with Crippen molar-refractivity contribution >= 4 is 11.5 Å². The number of fused-ring (bicyclic) bond motifs is 1. The van der Waals surface area contributed by atoms with Gasteiger partial charge in [-0.05, 0) is 42.7 Å². The second-order valence-electron chi connectivity index (χ2n) is 7.70. The van der Waals surface area contributed by atoms with E-state index in [1.807, 2.05) is 18.2 Å². The molecule has 0 saturated carbocycles. The highest BCUT2D eigenvalue weighted by Gasteiger charge is 2.29. The highest BCUT2D eigenvalue weighted by atomic mass is 16.5. The van der Waals surface area contributed by atoms with Crippen LogP contribution in [0.3, 0.4) is 0 Å². The summed E-state index contributed by atoms with van der Waals surface area (Å²) >= 11 is 0. The summed E-state index contributed by atoms with van der Waals surface area (Å²) in [6.45, 7) is 6.82. The quantitative estimate of drug-likeness (QED) is 0.751. The molecule has 4 rings (SSSR count). The van der Waals surface area contributed by atoms with Gasteiger partial charge in [-0.15, -0.1) is 0 Å². The van der Waals surface area contributed by atoms with Crippen LogP contribution in [0, 0.1) is 0 Å². The molecule has 0 bridgehead atoms. The molecule has 0 N–H and O–H groups in total. The fourth-order valence-corrected chi connectivity index (χ4v) is 3.69. The summed E-state index contributed by atoms with van der Waals surface area (Å²) in [5.74, 6) is 2.99. The zero-order valence-electron chi connectivity index (χ0n) is 16.5. The Morgan fingerprint density at radius 1 is 1.11 bits per heavy atom. The average molecular weight is 381 g/mol. The molecule has 0 unspecified atom stereocenters. The third-order valence-electron chi connectivity index (χ3n) is 5.29. The molecular formula is C23H27NO4. The van der Waals surface area contributed by atoms with Crippen molar-refractivity contribution in [1.82, 2.24) is 0 Å². The Labute approximate surface area is 166 Å². The van der Waals surface area contributed by atoms with Crippen LogP contribution in [0.15, 0.2) is 42.5 Å². The average Bonchev–Trinajstić information content (AvgIpc) is 2.89. The van der Waals surface area contributed by atoms with E-state index in [0.717, 1.165) is 42.4 Å². The minimum atomic E-state index is 0.177. The Bertz CT molecular complexity index is 827. The molecule has 2 aliphatic heterocycles. The summed E-state index contributed by atoms with van der Waals surface area (Å²) in [6, 6.07) is 14.2. The van der Waals surface area contributed by atoms with Crippen LogP contribution in [0.25, 0.3) is 0 Å². The molecule has 2 aliphatic rings. The number of carbonyl (C=O) groups excluding carboxylic acids is 1. The van der Waals surface area contributed by atoms with Gasteiger partial charge in [-0.1, -0.05) is 19.1 Å². The molecule has 0 spiro atoms. The number of benzene rings is 2. The molecule has 0 radical (unpaired) electrons. The molecule has 0 aromatic heterocycles. The molecule has 1 fully saturated rings. The molecule has 2 aromatic carbocycles. The number of rotatable bonds is 6. The molecule has 0 amide bonds. The Balaban J connectivity index is 1.31. The van der Waals surface area contributed by atoms with E-state index in [4.69, 9.17) is 14.2 Å². The Morgan fingerprint density at radius 2 is 1.82 bits per heavy atom. The predicted molar refractivity (Wildman–Crippen MR) is 109 cm³/mol. The fraction of sp³-hybridized carbons (Fsp3) is 0.435. The molecule has 2 aromatic rings. The molecule has 5 nitrogen and oxygen atoms in total. The first-order chi connectivity index (χ1) is 13.6. The van der Waals surface area contributed by atoms with E-state index in [1.54, 1.807) is 6.92 Å². The van der Waals surface area contributed by atoms with Crippen molar-refractivity contribution in [2.24, 2.45) is 0 Å². The molecule has 2 heterocycles. The summed E-state index contributed by atoms with van der Waals surface area (Å²) in [7, 11) is 0. The molecule has 148 valence electrons. The van der Waals surface area contributed by atoms with Crippen LogP contribution >= 0.6 is 0 Å². The van der Waals surface area contributed by atoms with Gasteiger partial charge in [0.05, 0.1) is 26.3 Å². The number of ketones is 1. The van der Waals surface area contributed by atoms with Crippen LogP contribution in [0.4, 0.5) is 5.69 Å². The largest absolute Gasteiger partial charge is 0.490 e. The first-order valence-corrected chi connectivity index (χ1v) is 9.99. The van der Waals surface area contributed by atoms with E-state index in [-0.39, 0.29) is 17.8 Å². The number of anilines is 1. The lowest BCUT2D eigenvalue weighted by molar-refractivity contribution is -0.117. The molecule has 0 aliphatic carbocycles. The van der Waals surface area contributed by atoms with Crippen LogP contribution in [0.5, 0.6) is 17.2 Å². The van der Waals surface area contributed by atoms with Gasteiger partial charge < -0.3 is 23.9 Å². The zero-order chi connectivity index (χ0) is 19.5. The van der Waals surface area contributed by atoms with Gasteiger partial charge in [-0.3, -0.25) is 0 Å².